The van der Waals surface area contributed by atoms with Gasteiger partial charge in [0.05, 0.1) is 6.61 Å². The minimum atomic E-state index is 0.110. The van der Waals surface area contributed by atoms with Gasteiger partial charge in [0.25, 0.3) is 0 Å². The number of rotatable bonds is 2. The zero-order valence-corrected chi connectivity index (χ0v) is 8.46. The lowest BCUT2D eigenvalue weighted by Crippen LogP contribution is -1.86. The van der Waals surface area contributed by atoms with Crippen molar-refractivity contribution in [3.63, 3.8) is 0 Å². The quantitative estimate of drug-likeness (QED) is 0.734. The SMILES string of the molecule is C/C(=C\CO)c1cc(C)cc(C)c1. The van der Waals surface area contributed by atoms with Crippen molar-refractivity contribution in [1.82, 2.24) is 0 Å². The fourth-order valence-electron chi connectivity index (χ4n) is 1.46. The fraction of sp³-hybridized carbons (Fsp3) is 0.333. The summed E-state index contributed by atoms with van der Waals surface area (Å²) >= 11 is 0. The van der Waals surface area contributed by atoms with Crippen LogP contribution in [-0.2, 0) is 0 Å². The summed E-state index contributed by atoms with van der Waals surface area (Å²) in [5.41, 5.74) is 4.86. The van der Waals surface area contributed by atoms with Crippen molar-refractivity contribution in [1.29, 1.82) is 0 Å². The highest BCUT2D eigenvalue weighted by molar-refractivity contribution is 5.64. The molecule has 0 saturated carbocycles. The summed E-state index contributed by atoms with van der Waals surface area (Å²) in [6.45, 7) is 6.30. The van der Waals surface area contributed by atoms with Crippen molar-refractivity contribution in [3.05, 3.63) is 41.0 Å². The largest absolute Gasteiger partial charge is 0.392 e. The van der Waals surface area contributed by atoms with E-state index in [2.05, 4.69) is 32.0 Å². The smallest absolute Gasteiger partial charge is 0.0618 e. The Morgan fingerprint density at radius 2 is 1.77 bits per heavy atom. The first-order valence-electron chi connectivity index (χ1n) is 4.50. The predicted octanol–water partition coefficient (Wildman–Crippen LogP) is 2.70. The Bertz CT molecular complexity index is 304. The second kappa shape index (κ2) is 4.24. The maximum Gasteiger partial charge on any atom is 0.0618 e. The molecule has 1 N–H and O–H groups in total. The van der Waals surface area contributed by atoms with Crippen LogP contribution in [0, 0.1) is 13.8 Å². The Labute approximate surface area is 79.7 Å². The Hall–Kier alpha value is -1.08. The van der Waals surface area contributed by atoms with Gasteiger partial charge in [-0.1, -0.05) is 35.4 Å². The van der Waals surface area contributed by atoms with Gasteiger partial charge in [0.2, 0.25) is 0 Å². The van der Waals surface area contributed by atoms with Gasteiger partial charge in [-0.05, 0) is 31.9 Å². The van der Waals surface area contributed by atoms with Gasteiger partial charge in [0.1, 0.15) is 0 Å². The molecule has 1 heteroatoms. The molecule has 0 aliphatic rings. The van der Waals surface area contributed by atoms with Crippen LogP contribution in [0.1, 0.15) is 23.6 Å². The van der Waals surface area contributed by atoms with E-state index in [-0.39, 0.29) is 6.61 Å². The molecule has 0 unspecified atom stereocenters. The Morgan fingerprint density at radius 3 is 2.23 bits per heavy atom. The topological polar surface area (TPSA) is 20.2 Å². The van der Waals surface area contributed by atoms with E-state index >= 15 is 0 Å². The summed E-state index contributed by atoms with van der Waals surface area (Å²) in [4.78, 5) is 0. The van der Waals surface area contributed by atoms with Crippen LogP contribution in [0.5, 0.6) is 0 Å². The molecule has 0 bridgehead atoms. The first kappa shape index (κ1) is 10.0. The fourth-order valence-corrected chi connectivity index (χ4v) is 1.46. The molecule has 0 saturated heterocycles. The molecule has 0 fully saturated rings. The lowest BCUT2D eigenvalue weighted by atomic mass is 10.0. The number of hydrogen-bond donors (Lipinski definition) is 1. The van der Waals surface area contributed by atoms with Crippen LogP contribution < -0.4 is 0 Å². The van der Waals surface area contributed by atoms with Gasteiger partial charge in [-0.25, -0.2) is 0 Å². The van der Waals surface area contributed by atoms with E-state index in [9.17, 15) is 0 Å². The van der Waals surface area contributed by atoms with Crippen molar-refractivity contribution in [2.45, 2.75) is 20.8 Å². The van der Waals surface area contributed by atoms with Crippen molar-refractivity contribution in [2.75, 3.05) is 6.61 Å². The normalized spacial score (nSPS) is 11.8. The Morgan fingerprint density at radius 1 is 1.23 bits per heavy atom. The zero-order valence-electron chi connectivity index (χ0n) is 8.46. The van der Waals surface area contributed by atoms with Gasteiger partial charge in [0.15, 0.2) is 0 Å². The van der Waals surface area contributed by atoms with E-state index in [0.29, 0.717) is 0 Å². The molecule has 1 aromatic carbocycles. The number of aliphatic hydroxyl groups excluding tert-OH is 1. The van der Waals surface area contributed by atoms with E-state index in [4.69, 9.17) is 5.11 Å². The summed E-state index contributed by atoms with van der Waals surface area (Å²) in [6, 6.07) is 6.42. The third-order valence-electron chi connectivity index (χ3n) is 2.07. The van der Waals surface area contributed by atoms with Crippen LogP contribution in [0.15, 0.2) is 24.3 Å². The second-order valence-electron chi connectivity index (χ2n) is 3.45. The highest BCUT2D eigenvalue weighted by atomic mass is 16.2. The molecule has 1 rings (SSSR count). The monoisotopic (exact) mass is 176 g/mol. The van der Waals surface area contributed by atoms with Crippen molar-refractivity contribution >= 4 is 5.57 Å². The first-order chi connectivity index (χ1) is 6.13. The van der Waals surface area contributed by atoms with Crippen LogP contribution in [0.3, 0.4) is 0 Å². The number of aryl methyl sites for hydroxylation is 2. The van der Waals surface area contributed by atoms with Crippen LogP contribution >= 0.6 is 0 Å². The van der Waals surface area contributed by atoms with Crippen LogP contribution in [0.25, 0.3) is 5.57 Å². The molecule has 0 heterocycles. The summed E-state index contributed by atoms with van der Waals surface area (Å²) in [6.07, 6.45) is 1.83. The van der Waals surface area contributed by atoms with Crippen LogP contribution in [0.4, 0.5) is 0 Å². The van der Waals surface area contributed by atoms with E-state index in [1.54, 1.807) is 0 Å². The zero-order chi connectivity index (χ0) is 9.84. The molecule has 0 aliphatic heterocycles. The van der Waals surface area contributed by atoms with Gasteiger partial charge >= 0.3 is 0 Å². The molecule has 0 aromatic heterocycles. The van der Waals surface area contributed by atoms with Gasteiger partial charge in [-0.3, -0.25) is 0 Å². The van der Waals surface area contributed by atoms with Gasteiger partial charge in [-0.2, -0.15) is 0 Å². The maximum atomic E-state index is 8.76. The Kier molecular flexibility index (Phi) is 3.26. The standard InChI is InChI=1S/C12H16O/c1-9-6-10(2)8-12(7-9)11(3)4-5-13/h4,6-8,13H,5H2,1-3H3/b11-4+. The average molecular weight is 176 g/mol. The van der Waals surface area contributed by atoms with Crippen LogP contribution in [0.2, 0.25) is 0 Å². The summed E-state index contributed by atoms with van der Waals surface area (Å²) in [7, 11) is 0. The van der Waals surface area contributed by atoms with Gasteiger partial charge < -0.3 is 5.11 Å². The molecule has 0 spiro atoms. The van der Waals surface area contributed by atoms with E-state index in [0.717, 1.165) is 5.57 Å². The highest BCUT2D eigenvalue weighted by Crippen LogP contribution is 2.16. The molecule has 70 valence electrons. The molecule has 1 aromatic rings. The number of hydrogen-bond acceptors (Lipinski definition) is 1. The average Bonchev–Trinajstić information content (AvgIpc) is 2.03. The lowest BCUT2D eigenvalue weighted by Gasteiger charge is -2.04. The molecular formula is C12H16O. The van der Waals surface area contributed by atoms with Crippen molar-refractivity contribution < 1.29 is 5.11 Å². The van der Waals surface area contributed by atoms with Gasteiger partial charge in [0, 0.05) is 0 Å². The molecule has 13 heavy (non-hydrogen) atoms. The minimum absolute atomic E-state index is 0.110. The van der Waals surface area contributed by atoms with E-state index < -0.39 is 0 Å². The predicted molar refractivity (Wildman–Crippen MR) is 56.7 cm³/mol. The molecule has 0 amide bonds. The number of allylic oxidation sites excluding steroid dienone is 1. The molecular weight excluding hydrogens is 160 g/mol. The van der Waals surface area contributed by atoms with E-state index in [1.807, 2.05) is 13.0 Å². The van der Waals surface area contributed by atoms with E-state index in [1.165, 1.54) is 16.7 Å². The van der Waals surface area contributed by atoms with Crippen molar-refractivity contribution in [2.24, 2.45) is 0 Å². The van der Waals surface area contributed by atoms with Crippen LogP contribution in [-0.4, -0.2) is 11.7 Å². The first-order valence-corrected chi connectivity index (χ1v) is 4.50. The maximum absolute atomic E-state index is 8.76. The minimum Gasteiger partial charge on any atom is -0.392 e. The Balaban J connectivity index is 3.08. The van der Waals surface area contributed by atoms with Gasteiger partial charge in [-0.15, -0.1) is 0 Å². The summed E-state index contributed by atoms with van der Waals surface area (Å²) < 4.78 is 0. The highest BCUT2D eigenvalue weighted by Gasteiger charge is 1.97. The van der Waals surface area contributed by atoms with Crippen molar-refractivity contribution in [3.8, 4) is 0 Å². The second-order valence-corrected chi connectivity index (χ2v) is 3.45. The third-order valence-corrected chi connectivity index (χ3v) is 2.07. The molecule has 1 nitrogen and oxygen atoms in total. The summed E-state index contributed by atoms with van der Waals surface area (Å²) in [5.74, 6) is 0. The molecule has 0 atom stereocenters. The number of aliphatic hydroxyl groups is 1. The number of benzene rings is 1. The summed E-state index contributed by atoms with van der Waals surface area (Å²) in [5, 5.41) is 8.76. The lowest BCUT2D eigenvalue weighted by molar-refractivity contribution is 0.343. The molecule has 0 radical (unpaired) electrons. The third kappa shape index (κ3) is 2.71. The molecule has 0 aliphatic carbocycles.